The van der Waals surface area contributed by atoms with Gasteiger partial charge in [-0.3, -0.25) is 0 Å². The zero-order valence-electron chi connectivity index (χ0n) is 9.44. The molecule has 3 heteroatoms. The first-order valence-corrected chi connectivity index (χ1v) is 4.86. The van der Waals surface area contributed by atoms with Crippen LogP contribution in [0.15, 0.2) is 0 Å². The van der Waals surface area contributed by atoms with E-state index in [4.69, 9.17) is 0 Å². The lowest BCUT2D eigenvalue weighted by Gasteiger charge is -1.98. The van der Waals surface area contributed by atoms with Crippen LogP contribution in [0.2, 0.25) is 54.0 Å². The van der Waals surface area contributed by atoms with Crippen LogP contribution in [0.4, 0.5) is 0 Å². The van der Waals surface area contributed by atoms with Crippen LogP contribution in [0.3, 0.4) is 0 Å². The van der Waals surface area contributed by atoms with Crippen LogP contribution >= 0.6 is 0 Å². The highest BCUT2D eigenvalue weighted by molar-refractivity contribution is 6.74. The van der Waals surface area contributed by atoms with Gasteiger partial charge in [-0.05, 0) is 0 Å². The largest absolute Gasteiger partial charge is 0.130 e. The normalized spacial score (nSPS) is 6.69. The molecule has 0 rings (SSSR count). The second kappa shape index (κ2) is 14.7. The number of hydrogen-bond donors (Lipinski definition) is 0. The minimum atomic E-state index is 0. The molecule has 0 radical (unpaired) electrons. The zero-order chi connectivity index (χ0) is 9.44. The van der Waals surface area contributed by atoms with Crippen molar-refractivity contribution in [3.05, 3.63) is 0 Å². The SMILES string of the molecule is C.C.CB(C)C.CB(C)CB(C)C. The molecule has 0 saturated carbocycles. The van der Waals surface area contributed by atoms with Crippen molar-refractivity contribution in [2.24, 2.45) is 0 Å². The van der Waals surface area contributed by atoms with Crippen LogP contribution in [0.25, 0.3) is 0 Å². The quantitative estimate of drug-likeness (QED) is 0.546. The van der Waals surface area contributed by atoms with Gasteiger partial charge in [-0.1, -0.05) is 68.8 Å². The molecule has 0 saturated heterocycles. The zero-order valence-corrected chi connectivity index (χ0v) is 9.44. The maximum Gasteiger partial charge on any atom is 0.130 e. The van der Waals surface area contributed by atoms with Gasteiger partial charge in [0.05, 0.1) is 0 Å². The second-order valence-electron chi connectivity index (χ2n) is 4.76. The van der Waals surface area contributed by atoms with Crippen molar-refractivity contribution >= 4 is 20.1 Å². The highest BCUT2D eigenvalue weighted by Crippen LogP contribution is 1.94. The van der Waals surface area contributed by atoms with Gasteiger partial charge in [-0.2, -0.15) is 0 Å². The summed E-state index contributed by atoms with van der Waals surface area (Å²) in [5.41, 5.74) is 0. The molecule has 0 aromatic heterocycles. The van der Waals surface area contributed by atoms with E-state index in [-0.39, 0.29) is 14.9 Å². The lowest BCUT2D eigenvalue weighted by molar-refractivity contribution is 1.71. The standard InChI is InChI=1S/C5H14B2.C3H9B.2CH4/c1-6(2)5-7(3)4;1-4(2)3;;/h5H2,1-4H3;1-3H3;2*1H4. The van der Waals surface area contributed by atoms with Gasteiger partial charge in [0.2, 0.25) is 0 Å². The second-order valence-corrected chi connectivity index (χ2v) is 4.76. The van der Waals surface area contributed by atoms with Crippen LogP contribution in [0, 0.1) is 0 Å². The van der Waals surface area contributed by atoms with Crippen LogP contribution in [-0.4, -0.2) is 20.1 Å². The predicted molar refractivity (Wildman–Crippen MR) is 76.6 cm³/mol. The van der Waals surface area contributed by atoms with Crippen molar-refractivity contribution in [1.29, 1.82) is 0 Å². The smallest absolute Gasteiger partial charge is 0.0957 e. The van der Waals surface area contributed by atoms with Crippen LogP contribution < -0.4 is 0 Å². The maximum absolute atomic E-state index is 2.26. The van der Waals surface area contributed by atoms with E-state index in [1.165, 1.54) is 6.22 Å². The first-order valence-electron chi connectivity index (χ1n) is 4.86. The fraction of sp³-hybridized carbons (Fsp3) is 1.00. The molecule has 0 heterocycles. The Hall–Kier alpha value is 0.195. The Morgan fingerprint density at radius 2 is 0.769 bits per heavy atom. The van der Waals surface area contributed by atoms with Crippen molar-refractivity contribution in [2.75, 3.05) is 0 Å². The first-order chi connectivity index (χ1) is 4.86. The molecule has 0 aliphatic rings. The first kappa shape index (κ1) is 23.2. The Morgan fingerprint density at radius 1 is 0.615 bits per heavy atom. The minimum Gasteiger partial charge on any atom is -0.0957 e. The number of rotatable bonds is 2. The van der Waals surface area contributed by atoms with Gasteiger partial charge >= 0.3 is 0 Å². The molecule has 0 aliphatic heterocycles. The summed E-state index contributed by atoms with van der Waals surface area (Å²) in [5.74, 6) is 0. The Bertz CT molecular complexity index is 61.8. The molecule has 0 spiro atoms. The van der Waals surface area contributed by atoms with E-state index in [0.717, 1.165) is 20.1 Å². The van der Waals surface area contributed by atoms with Crippen molar-refractivity contribution in [2.45, 2.75) is 68.8 Å². The van der Waals surface area contributed by atoms with Gasteiger partial charge in [0, 0.05) is 0 Å². The van der Waals surface area contributed by atoms with Gasteiger partial charge in [-0.15, -0.1) is 0 Å². The Labute approximate surface area is 89.5 Å². The average molecular weight is 184 g/mol. The van der Waals surface area contributed by atoms with Crippen molar-refractivity contribution < 1.29 is 0 Å². The summed E-state index contributed by atoms with van der Waals surface area (Å²) in [6.07, 6.45) is 1.36. The van der Waals surface area contributed by atoms with E-state index in [1.54, 1.807) is 0 Å². The fourth-order valence-electron chi connectivity index (χ4n) is 0.943. The van der Waals surface area contributed by atoms with E-state index < -0.39 is 0 Å². The molecule has 0 atom stereocenters. The molecule has 0 aliphatic carbocycles. The van der Waals surface area contributed by atoms with Gasteiger partial charge in [0.25, 0.3) is 0 Å². The molecule has 0 unspecified atom stereocenters. The van der Waals surface area contributed by atoms with E-state index in [1.807, 2.05) is 0 Å². The average Bonchev–Trinajstić information content (AvgIpc) is 1.56. The molecule has 0 aromatic rings. The van der Waals surface area contributed by atoms with Crippen LogP contribution in [0.5, 0.6) is 0 Å². The summed E-state index contributed by atoms with van der Waals surface area (Å²) in [6, 6.07) is 0. The molecule has 0 fully saturated rings. The van der Waals surface area contributed by atoms with Crippen LogP contribution in [-0.2, 0) is 0 Å². The molecule has 0 amide bonds. The summed E-state index contributed by atoms with van der Waals surface area (Å²) in [6.45, 7) is 18.1. The fourth-order valence-corrected chi connectivity index (χ4v) is 0.943. The lowest BCUT2D eigenvalue weighted by Crippen LogP contribution is -2.10. The monoisotopic (exact) mass is 184 g/mol. The Balaban J connectivity index is -0.0000000600. The van der Waals surface area contributed by atoms with Crippen molar-refractivity contribution in [1.82, 2.24) is 0 Å². The van der Waals surface area contributed by atoms with Gasteiger partial charge in [0.15, 0.2) is 0 Å². The molecule has 0 nitrogen and oxygen atoms in total. The summed E-state index contributed by atoms with van der Waals surface area (Å²) in [5, 5.41) is 0. The Morgan fingerprint density at radius 3 is 0.769 bits per heavy atom. The summed E-state index contributed by atoms with van der Waals surface area (Å²) in [7, 11) is 0. The molecule has 13 heavy (non-hydrogen) atoms. The van der Waals surface area contributed by atoms with Gasteiger partial charge in [0.1, 0.15) is 20.1 Å². The highest BCUT2D eigenvalue weighted by atomic mass is 13.5. The molecule has 0 bridgehead atoms. The van der Waals surface area contributed by atoms with Gasteiger partial charge in [-0.25, -0.2) is 0 Å². The summed E-state index contributed by atoms with van der Waals surface area (Å²) < 4.78 is 0. The van der Waals surface area contributed by atoms with E-state index in [9.17, 15) is 0 Å². The molecular formula is C10H31B3. The highest BCUT2D eigenvalue weighted by Gasteiger charge is 2.02. The molecule has 0 aromatic carbocycles. The number of hydrogen-bond acceptors (Lipinski definition) is 0. The predicted octanol–water partition coefficient (Wildman–Crippen LogP) is 4.68. The van der Waals surface area contributed by atoms with E-state index in [2.05, 4.69) is 47.8 Å². The maximum atomic E-state index is 2.26. The Kier molecular flexibility index (Phi) is 26.3. The van der Waals surface area contributed by atoms with Crippen molar-refractivity contribution in [3.8, 4) is 0 Å². The van der Waals surface area contributed by atoms with Gasteiger partial charge < -0.3 is 0 Å². The minimum absolute atomic E-state index is 0. The molecular weight excluding hydrogens is 153 g/mol. The van der Waals surface area contributed by atoms with Crippen molar-refractivity contribution in [3.63, 3.8) is 0 Å². The summed E-state index contributed by atoms with van der Waals surface area (Å²) in [4.78, 5) is 0. The van der Waals surface area contributed by atoms with Crippen LogP contribution in [0.1, 0.15) is 14.9 Å². The molecule has 80 valence electrons. The third kappa shape index (κ3) is 72.0. The topological polar surface area (TPSA) is 0 Å². The van der Waals surface area contributed by atoms with E-state index in [0.29, 0.717) is 0 Å². The lowest BCUT2D eigenvalue weighted by atomic mass is 9.32. The third-order valence-electron chi connectivity index (χ3n) is 0.943. The molecule has 0 N–H and O–H groups in total. The third-order valence-corrected chi connectivity index (χ3v) is 0.943. The van der Waals surface area contributed by atoms with E-state index >= 15 is 0 Å². The summed E-state index contributed by atoms with van der Waals surface area (Å²) >= 11 is 0.